The Morgan fingerprint density at radius 2 is 2.19 bits per heavy atom. The number of rotatable bonds is 4. The van der Waals surface area contributed by atoms with Gasteiger partial charge in [0, 0.05) is 11.8 Å². The van der Waals surface area contributed by atoms with Crippen LogP contribution in [-0.2, 0) is 6.42 Å². The molecule has 1 nitrogen and oxygen atoms in total. The molecule has 2 rings (SSSR count). The Labute approximate surface area is 103 Å². The van der Waals surface area contributed by atoms with E-state index in [0.717, 1.165) is 25.0 Å². The third-order valence-corrected chi connectivity index (χ3v) is 4.09. The molecule has 0 aliphatic carbocycles. The zero-order chi connectivity index (χ0) is 11.5. The van der Waals surface area contributed by atoms with E-state index in [1.807, 2.05) is 6.07 Å². The van der Waals surface area contributed by atoms with Crippen molar-refractivity contribution in [1.29, 1.82) is 0 Å². The third kappa shape index (κ3) is 2.52. The molecule has 0 fully saturated rings. The first-order valence-corrected chi connectivity index (χ1v) is 6.53. The number of ether oxygens (including phenoxy) is 1. The van der Waals surface area contributed by atoms with E-state index >= 15 is 0 Å². The second-order valence-corrected chi connectivity index (χ2v) is 5.25. The van der Waals surface area contributed by atoms with Gasteiger partial charge in [-0.1, -0.05) is 32.0 Å². The van der Waals surface area contributed by atoms with Crippen molar-refractivity contribution in [2.75, 3.05) is 0 Å². The SMILES string of the molecule is CCC(Cl)C(C)CC1Cc2ccccc2O1. The standard InChI is InChI=1S/C14H19ClO/c1-3-13(15)10(2)8-12-9-11-6-4-5-7-14(11)16-12/h4-7,10,12-13H,3,8-9H2,1-2H3. The molecule has 0 amide bonds. The van der Waals surface area contributed by atoms with Crippen molar-refractivity contribution in [2.24, 2.45) is 5.92 Å². The molecule has 1 heterocycles. The summed E-state index contributed by atoms with van der Waals surface area (Å²) in [5.41, 5.74) is 1.34. The number of benzene rings is 1. The lowest BCUT2D eigenvalue weighted by Gasteiger charge is -2.20. The zero-order valence-corrected chi connectivity index (χ0v) is 10.7. The fourth-order valence-corrected chi connectivity index (χ4v) is 2.45. The largest absolute Gasteiger partial charge is 0.490 e. The Hall–Kier alpha value is -0.690. The van der Waals surface area contributed by atoms with E-state index in [1.54, 1.807) is 0 Å². The molecule has 0 saturated heterocycles. The highest BCUT2D eigenvalue weighted by molar-refractivity contribution is 6.20. The Morgan fingerprint density at radius 3 is 2.88 bits per heavy atom. The van der Waals surface area contributed by atoms with E-state index in [0.29, 0.717) is 12.0 Å². The summed E-state index contributed by atoms with van der Waals surface area (Å²) in [5.74, 6) is 1.58. The molecule has 0 saturated carbocycles. The van der Waals surface area contributed by atoms with Crippen molar-refractivity contribution in [3.8, 4) is 5.75 Å². The van der Waals surface area contributed by atoms with Crippen LogP contribution in [0.2, 0.25) is 0 Å². The van der Waals surface area contributed by atoms with Gasteiger partial charge in [-0.2, -0.15) is 0 Å². The van der Waals surface area contributed by atoms with Crippen LogP contribution in [0.25, 0.3) is 0 Å². The minimum absolute atomic E-state index is 0.271. The van der Waals surface area contributed by atoms with E-state index < -0.39 is 0 Å². The van der Waals surface area contributed by atoms with Crippen LogP contribution < -0.4 is 4.74 Å². The molecule has 3 unspecified atom stereocenters. The molecular weight excluding hydrogens is 220 g/mol. The van der Waals surface area contributed by atoms with Gasteiger partial charge in [-0.15, -0.1) is 11.6 Å². The third-order valence-electron chi connectivity index (χ3n) is 3.36. The maximum absolute atomic E-state index is 6.25. The predicted octanol–water partition coefficient (Wildman–Crippen LogP) is 4.03. The van der Waals surface area contributed by atoms with E-state index in [-0.39, 0.29) is 5.38 Å². The first-order chi connectivity index (χ1) is 7.70. The molecule has 1 aromatic rings. The monoisotopic (exact) mass is 238 g/mol. The molecule has 0 aromatic heterocycles. The topological polar surface area (TPSA) is 9.23 Å². The first kappa shape index (κ1) is 11.8. The lowest BCUT2D eigenvalue weighted by atomic mass is 9.96. The smallest absolute Gasteiger partial charge is 0.123 e. The number of halogens is 1. The summed E-state index contributed by atoms with van der Waals surface area (Å²) in [4.78, 5) is 0. The van der Waals surface area contributed by atoms with E-state index in [9.17, 15) is 0 Å². The number of hydrogen-bond donors (Lipinski definition) is 0. The molecule has 1 aliphatic heterocycles. The van der Waals surface area contributed by atoms with Gasteiger partial charge < -0.3 is 4.74 Å². The Kier molecular flexibility index (Phi) is 3.75. The van der Waals surface area contributed by atoms with Gasteiger partial charge >= 0.3 is 0 Å². The van der Waals surface area contributed by atoms with Gasteiger partial charge in [0.25, 0.3) is 0 Å². The quantitative estimate of drug-likeness (QED) is 0.720. The normalized spacial score (nSPS) is 22.3. The summed E-state index contributed by atoms with van der Waals surface area (Å²) in [7, 11) is 0. The van der Waals surface area contributed by atoms with Crippen molar-refractivity contribution >= 4 is 11.6 Å². The predicted molar refractivity (Wildman–Crippen MR) is 68.3 cm³/mol. The molecule has 0 radical (unpaired) electrons. The van der Waals surface area contributed by atoms with Crippen LogP contribution in [0.5, 0.6) is 5.75 Å². The van der Waals surface area contributed by atoms with Crippen molar-refractivity contribution in [2.45, 2.75) is 44.6 Å². The molecule has 3 atom stereocenters. The Morgan fingerprint density at radius 1 is 1.44 bits per heavy atom. The first-order valence-electron chi connectivity index (χ1n) is 6.09. The highest BCUT2D eigenvalue weighted by atomic mass is 35.5. The van der Waals surface area contributed by atoms with Crippen LogP contribution in [0.3, 0.4) is 0 Å². The van der Waals surface area contributed by atoms with Crippen molar-refractivity contribution < 1.29 is 4.74 Å². The minimum atomic E-state index is 0.271. The van der Waals surface area contributed by atoms with Crippen LogP contribution in [0.1, 0.15) is 32.3 Å². The van der Waals surface area contributed by atoms with Crippen LogP contribution in [0.15, 0.2) is 24.3 Å². The summed E-state index contributed by atoms with van der Waals surface area (Å²) in [5, 5.41) is 0.271. The molecule has 1 aromatic carbocycles. The van der Waals surface area contributed by atoms with Gasteiger partial charge in [-0.25, -0.2) is 0 Å². The molecule has 0 spiro atoms. The molecule has 88 valence electrons. The summed E-state index contributed by atoms with van der Waals surface area (Å²) in [6, 6.07) is 8.31. The second kappa shape index (κ2) is 5.09. The van der Waals surface area contributed by atoms with Crippen LogP contribution in [0.4, 0.5) is 0 Å². The van der Waals surface area contributed by atoms with Crippen LogP contribution in [0, 0.1) is 5.92 Å². The second-order valence-electron chi connectivity index (χ2n) is 4.69. The van der Waals surface area contributed by atoms with E-state index in [2.05, 4.69) is 32.0 Å². The fraction of sp³-hybridized carbons (Fsp3) is 0.571. The van der Waals surface area contributed by atoms with Crippen LogP contribution >= 0.6 is 11.6 Å². The number of alkyl halides is 1. The van der Waals surface area contributed by atoms with E-state index in [1.165, 1.54) is 5.56 Å². The maximum atomic E-state index is 6.25. The zero-order valence-electron chi connectivity index (χ0n) is 9.95. The van der Waals surface area contributed by atoms with Crippen LogP contribution in [-0.4, -0.2) is 11.5 Å². The van der Waals surface area contributed by atoms with Gasteiger partial charge in [-0.05, 0) is 30.4 Å². The fourth-order valence-electron chi connectivity index (χ4n) is 2.35. The molecule has 0 N–H and O–H groups in total. The maximum Gasteiger partial charge on any atom is 0.123 e. The highest BCUT2D eigenvalue weighted by Crippen LogP contribution is 2.32. The Balaban J connectivity index is 1.92. The van der Waals surface area contributed by atoms with Gasteiger partial charge in [0.2, 0.25) is 0 Å². The van der Waals surface area contributed by atoms with Crippen molar-refractivity contribution in [1.82, 2.24) is 0 Å². The average molecular weight is 239 g/mol. The van der Waals surface area contributed by atoms with Gasteiger partial charge in [0.15, 0.2) is 0 Å². The molecule has 16 heavy (non-hydrogen) atoms. The minimum Gasteiger partial charge on any atom is -0.490 e. The lowest BCUT2D eigenvalue weighted by molar-refractivity contribution is 0.195. The van der Waals surface area contributed by atoms with Gasteiger partial charge in [0.1, 0.15) is 11.9 Å². The van der Waals surface area contributed by atoms with Crippen molar-refractivity contribution in [3.63, 3.8) is 0 Å². The summed E-state index contributed by atoms with van der Waals surface area (Å²) >= 11 is 6.25. The number of para-hydroxylation sites is 1. The van der Waals surface area contributed by atoms with Gasteiger partial charge in [-0.3, -0.25) is 0 Å². The van der Waals surface area contributed by atoms with Gasteiger partial charge in [0.05, 0.1) is 0 Å². The summed E-state index contributed by atoms with van der Waals surface area (Å²) in [6.45, 7) is 4.35. The Bertz CT molecular complexity index is 325. The number of fused-ring (bicyclic) bond motifs is 1. The molecular formula is C14H19ClO. The molecule has 1 aliphatic rings. The molecule has 2 heteroatoms. The van der Waals surface area contributed by atoms with E-state index in [4.69, 9.17) is 16.3 Å². The average Bonchev–Trinajstić information content (AvgIpc) is 2.69. The molecule has 0 bridgehead atoms. The summed E-state index contributed by atoms with van der Waals surface area (Å²) in [6.07, 6.45) is 3.44. The van der Waals surface area contributed by atoms with Crippen molar-refractivity contribution in [3.05, 3.63) is 29.8 Å². The lowest BCUT2D eigenvalue weighted by Crippen LogP contribution is -2.21. The number of hydrogen-bond acceptors (Lipinski definition) is 1. The summed E-state index contributed by atoms with van der Waals surface area (Å²) < 4.78 is 5.91. The highest BCUT2D eigenvalue weighted by Gasteiger charge is 2.25.